The summed E-state index contributed by atoms with van der Waals surface area (Å²) in [6, 6.07) is 9.14. The maximum absolute atomic E-state index is 13.2. The molecule has 136 valence electrons. The second kappa shape index (κ2) is 8.05. The van der Waals surface area contributed by atoms with Gasteiger partial charge in [-0.05, 0) is 41.8 Å². The Morgan fingerprint density at radius 1 is 1.08 bits per heavy atom. The highest BCUT2D eigenvalue weighted by molar-refractivity contribution is 7.96. The van der Waals surface area contributed by atoms with Crippen molar-refractivity contribution < 1.29 is 18.3 Å². The molecule has 1 N–H and O–H groups in total. The van der Waals surface area contributed by atoms with Gasteiger partial charge in [-0.3, -0.25) is 0 Å². The van der Waals surface area contributed by atoms with Crippen molar-refractivity contribution in [2.45, 2.75) is 5.75 Å². The first-order valence-electron chi connectivity index (χ1n) is 7.57. The van der Waals surface area contributed by atoms with Crippen LogP contribution in [0.5, 0.6) is 11.5 Å². The average molecular weight is 378 g/mol. The molecule has 0 radical (unpaired) electrons. The summed E-state index contributed by atoms with van der Waals surface area (Å²) in [5.41, 5.74) is 1.34. The Labute approximate surface area is 153 Å². The van der Waals surface area contributed by atoms with Crippen molar-refractivity contribution in [1.29, 1.82) is 0 Å². The summed E-state index contributed by atoms with van der Waals surface area (Å²) in [5, 5.41) is 7.34. The molecule has 0 aliphatic carbocycles. The van der Waals surface area contributed by atoms with Gasteiger partial charge in [0.25, 0.3) is 0 Å². The van der Waals surface area contributed by atoms with Crippen molar-refractivity contribution in [2.75, 3.05) is 19.5 Å². The van der Waals surface area contributed by atoms with E-state index in [1.165, 1.54) is 30.4 Å². The number of hydrogen-bond donors (Lipinski definition) is 1. The topological polar surface area (TPSA) is 61.2 Å². The van der Waals surface area contributed by atoms with Gasteiger partial charge in [0.15, 0.2) is 11.6 Å². The van der Waals surface area contributed by atoms with E-state index >= 15 is 0 Å². The molecule has 26 heavy (non-hydrogen) atoms. The Kier molecular flexibility index (Phi) is 5.57. The van der Waals surface area contributed by atoms with E-state index in [-0.39, 0.29) is 0 Å². The van der Waals surface area contributed by atoms with Crippen LogP contribution in [-0.4, -0.2) is 28.4 Å². The number of rotatable bonds is 7. The number of ether oxygens (including phenoxy) is 2. The first-order chi connectivity index (χ1) is 12.6. The molecule has 1 aromatic heterocycles. The van der Waals surface area contributed by atoms with Gasteiger partial charge in [-0.2, -0.15) is 9.07 Å². The minimum atomic E-state index is -0.865. The molecule has 0 saturated carbocycles. The SMILES string of the molecule is COc1ccc(Nc2ncn(SCc3ccc(F)c(F)c3)n2)c(OC)c1. The standard InChI is InChI=1S/C17H16F2N4O2S/c1-24-12-4-6-15(16(8-12)25-2)21-17-20-10-23(22-17)26-9-11-3-5-13(18)14(19)7-11/h3-8,10H,9H2,1-2H3,(H,21,22). The van der Waals surface area contributed by atoms with Crippen LogP contribution in [0.15, 0.2) is 42.7 Å². The molecular weight excluding hydrogens is 362 g/mol. The molecule has 0 aliphatic rings. The smallest absolute Gasteiger partial charge is 0.247 e. The summed E-state index contributed by atoms with van der Waals surface area (Å²) in [6.07, 6.45) is 1.53. The Balaban J connectivity index is 1.65. The highest BCUT2D eigenvalue weighted by Crippen LogP contribution is 2.30. The number of anilines is 2. The van der Waals surface area contributed by atoms with Gasteiger partial charge < -0.3 is 14.8 Å². The highest BCUT2D eigenvalue weighted by Gasteiger charge is 2.09. The molecule has 0 fully saturated rings. The van der Waals surface area contributed by atoms with Crippen LogP contribution in [0.1, 0.15) is 5.56 Å². The molecule has 1 heterocycles. The lowest BCUT2D eigenvalue weighted by Crippen LogP contribution is -1.98. The van der Waals surface area contributed by atoms with Gasteiger partial charge in [-0.1, -0.05) is 6.07 Å². The lowest BCUT2D eigenvalue weighted by Gasteiger charge is -2.10. The zero-order chi connectivity index (χ0) is 18.5. The second-order valence-corrected chi connectivity index (χ2v) is 6.10. The number of nitrogens with zero attached hydrogens (tertiary/aromatic N) is 3. The maximum atomic E-state index is 13.2. The molecule has 0 spiro atoms. The van der Waals surface area contributed by atoms with E-state index < -0.39 is 11.6 Å². The summed E-state index contributed by atoms with van der Waals surface area (Å²) in [6.45, 7) is 0. The van der Waals surface area contributed by atoms with Crippen molar-refractivity contribution in [3.8, 4) is 11.5 Å². The minimum absolute atomic E-state index is 0.381. The monoisotopic (exact) mass is 378 g/mol. The molecular formula is C17H16F2N4O2S. The van der Waals surface area contributed by atoms with E-state index in [2.05, 4.69) is 15.4 Å². The van der Waals surface area contributed by atoms with Crippen LogP contribution >= 0.6 is 11.9 Å². The van der Waals surface area contributed by atoms with E-state index in [4.69, 9.17) is 9.47 Å². The van der Waals surface area contributed by atoms with Crippen LogP contribution in [0, 0.1) is 11.6 Å². The maximum Gasteiger partial charge on any atom is 0.247 e. The number of aromatic nitrogens is 3. The predicted molar refractivity (Wildman–Crippen MR) is 95.9 cm³/mol. The van der Waals surface area contributed by atoms with Crippen LogP contribution in [0.2, 0.25) is 0 Å². The summed E-state index contributed by atoms with van der Waals surface area (Å²) >= 11 is 1.30. The third kappa shape index (κ3) is 4.23. The van der Waals surface area contributed by atoms with Crippen molar-refractivity contribution >= 4 is 23.6 Å². The van der Waals surface area contributed by atoms with Gasteiger partial charge in [0.2, 0.25) is 5.95 Å². The fourth-order valence-electron chi connectivity index (χ4n) is 2.16. The molecule has 3 aromatic rings. The lowest BCUT2D eigenvalue weighted by molar-refractivity contribution is 0.395. The summed E-state index contributed by atoms with van der Waals surface area (Å²) in [5.74, 6) is 0.343. The molecule has 0 amide bonds. The highest BCUT2D eigenvalue weighted by atomic mass is 32.2. The summed E-state index contributed by atoms with van der Waals surface area (Å²) in [7, 11) is 3.14. The Hall–Kier alpha value is -2.81. The number of methoxy groups -OCH3 is 2. The van der Waals surface area contributed by atoms with E-state index in [1.54, 1.807) is 36.5 Å². The Bertz CT molecular complexity index is 904. The van der Waals surface area contributed by atoms with Gasteiger partial charge in [-0.25, -0.2) is 8.78 Å². The van der Waals surface area contributed by atoms with Crippen molar-refractivity contribution in [2.24, 2.45) is 0 Å². The number of hydrogen-bond acceptors (Lipinski definition) is 6. The molecule has 9 heteroatoms. The summed E-state index contributed by atoms with van der Waals surface area (Å²) in [4.78, 5) is 4.17. The number of benzene rings is 2. The van der Waals surface area contributed by atoms with Crippen LogP contribution in [0.3, 0.4) is 0 Å². The average Bonchev–Trinajstić information content (AvgIpc) is 3.10. The fraction of sp³-hybridized carbons (Fsp3) is 0.176. The molecule has 3 rings (SSSR count). The zero-order valence-corrected chi connectivity index (χ0v) is 14.9. The van der Waals surface area contributed by atoms with Crippen molar-refractivity contribution in [1.82, 2.24) is 14.2 Å². The van der Waals surface area contributed by atoms with E-state index in [0.29, 0.717) is 34.5 Å². The van der Waals surface area contributed by atoms with Crippen LogP contribution in [0.4, 0.5) is 20.4 Å². The van der Waals surface area contributed by atoms with Crippen molar-refractivity contribution in [3.05, 3.63) is 59.9 Å². The Morgan fingerprint density at radius 2 is 1.92 bits per heavy atom. The fourth-order valence-corrected chi connectivity index (χ4v) is 2.87. The molecule has 0 bridgehead atoms. The van der Waals surface area contributed by atoms with E-state index in [1.807, 2.05) is 0 Å². The van der Waals surface area contributed by atoms with Crippen LogP contribution in [0.25, 0.3) is 0 Å². The lowest BCUT2D eigenvalue weighted by atomic mass is 10.2. The van der Waals surface area contributed by atoms with Crippen LogP contribution in [-0.2, 0) is 5.75 Å². The van der Waals surface area contributed by atoms with Crippen molar-refractivity contribution in [3.63, 3.8) is 0 Å². The predicted octanol–water partition coefficient (Wildman–Crippen LogP) is 4.01. The molecule has 0 saturated heterocycles. The van der Waals surface area contributed by atoms with E-state index in [9.17, 15) is 8.78 Å². The third-order valence-electron chi connectivity index (χ3n) is 3.47. The zero-order valence-electron chi connectivity index (χ0n) is 14.1. The van der Waals surface area contributed by atoms with Gasteiger partial charge >= 0.3 is 0 Å². The quantitative estimate of drug-likeness (QED) is 0.670. The molecule has 0 atom stereocenters. The number of nitrogens with one attached hydrogen (secondary N) is 1. The van der Waals surface area contributed by atoms with Gasteiger partial charge in [0, 0.05) is 11.8 Å². The summed E-state index contributed by atoms with van der Waals surface area (Å²) < 4.78 is 38.2. The normalized spacial score (nSPS) is 10.6. The first-order valence-corrected chi connectivity index (χ1v) is 8.51. The van der Waals surface area contributed by atoms with E-state index in [0.717, 1.165) is 6.07 Å². The van der Waals surface area contributed by atoms with Gasteiger partial charge in [-0.15, -0.1) is 5.10 Å². The largest absolute Gasteiger partial charge is 0.497 e. The minimum Gasteiger partial charge on any atom is -0.497 e. The third-order valence-corrected chi connectivity index (χ3v) is 4.38. The molecule has 2 aromatic carbocycles. The molecule has 0 aliphatic heterocycles. The first kappa shape index (κ1) is 18.0. The molecule has 6 nitrogen and oxygen atoms in total. The van der Waals surface area contributed by atoms with Crippen LogP contribution < -0.4 is 14.8 Å². The van der Waals surface area contributed by atoms with Gasteiger partial charge in [0.1, 0.15) is 17.8 Å². The number of halogens is 2. The van der Waals surface area contributed by atoms with Gasteiger partial charge in [0.05, 0.1) is 19.9 Å². The molecule has 0 unspecified atom stereocenters. The Morgan fingerprint density at radius 3 is 2.65 bits per heavy atom. The second-order valence-electron chi connectivity index (χ2n) is 5.18.